The van der Waals surface area contributed by atoms with Gasteiger partial charge in [0.15, 0.2) is 0 Å². The van der Waals surface area contributed by atoms with Gasteiger partial charge in [-0.05, 0) is 24.5 Å². The second-order valence-electron chi connectivity index (χ2n) is 4.75. The summed E-state index contributed by atoms with van der Waals surface area (Å²) in [5.41, 5.74) is 0.481. The van der Waals surface area contributed by atoms with Gasteiger partial charge in [-0.2, -0.15) is 11.8 Å². The largest absolute Gasteiger partial charge is 0.492 e. The van der Waals surface area contributed by atoms with Crippen LogP contribution in [0.25, 0.3) is 0 Å². The second kappa shape index (κ2) is 7.19. The lowest BCUT2D eigenvalue weighted by atomic mass is 9.80. The summed E-state index contributed by atoms with van der Waals surface area (Å²) in [4.78, 5) is 2.45. The van der Waals surface area contributed by atoms with Gasteiger partial charge >= 0.3 is 7.12 Å². The molecule has 104 valence electrons. The van der Waals surface area contributed by atoms with Crippen LogP contribution >= 0.6 is 11.8 Å². The lowest BCUT2D eigenvalue weighted by molar-refractivity contribution is 0.183. The molecule has 4 nitrogen and oxygen atoms in total. The van der Waals surface area contributed by atoms with Crippen LogP contribution in [-0.2, 0) is 0 Å². The fourth-order valence-electron chi connectivity index (χ4n) is 2.11. The van der Waals surface area contributed by atoms with E-state index in [4.69, 9.17) is 14.8 Å². The van der Waals surface area contributed by atoms with Gasteiger partial charge in [0.2, 0.25) is 0 Å². The molecular formula is C13H20BNO3S. The Morgan fingerprint density at radius 3 is 2.74 bits per heavy atom. The molecule has 1 aromatic carbocycles. The quantitative estimate of drug-likeness (QED) is 0.754. The van der Waals surface area contributed by atoms with E-state index in [0.29, 0.717) is 18.1 Å². The van der Waals surface area contributed by atoms with Gasteiger partial charge in [-0.1, -0.05) is 12.1 Å². The molecular weight excluding hydrogens is 261 g/mol. The minimum absolute atomic E-state index is 0.481. The summed E-state index contributed by atoms with van der Waals surface area (Å²) in [6, 6.07) is 7.49. The van der Waals surface area contributed by atoms with E-state index in [2.05, 4.69) is 11.8 Å². The highest BCUT2D eigenvalue weighted by Crippen LogP contribution is 2.15. The van der Waals surface area contributed by atoms with E-state index >= 15 is 0 Å². The Labute approximate surface area is 118 Å². The molecule has 0 bridgehead atoms. The lowest BCUT2D eigenvalue weighted by Crippen LogP contribution is -2.42. The first-order valence-corrected chi connectivity index (χ1v) is 7.73. The second-order valence-corrected chi connectivity index (χ2v) is 5.90. The van der Waals surface area contributed by atoms with Crippen LogP contribution in [-0.4, -0.2) is 59.3 Å². The fourth-order valence-corrected chi connectivity index (χ4v) is 3.19. The highest BCUT2D eigenvalue weighted by Gasteiger charge is 2.18. The molecule has 1 aliphatic heterocycles. The number of hydrogen-bond donors (Lipinski definition) is 2. The number of ether oxygens (including phenoxy) is 1. The molecule has 1 aliphatic rings. The van der Waals surface area contributed by atoms with E-state index in [9.17, 15) is 0 Å². The van der Waals surface area contributed by atoms with Crippen LogP contribution in [0.2, 0.25) is 0 Å². The van der Waals surface area contributed by atoms with E-state index in [0.717, 1.165) is 18.8 Å². The van der Waals surface area contributed by atoms with Gasteiger partial charge in [0.1, 0.15) is 12.4 Å². The summed E-state index contributed by atoms with van der Waals surface area (Å²) in [6.45, 7) is 4.98. The van der Waals surface area contributed by atoms with Crippen LogP contribution in [0.1, 0.15) is 6.92 Å². The summed E-state index contributed by atoms with van der Waals surface area (Å²) in [5, 5.41) is 18.0. The molecule has 6 heteroatoms. The minimum atomic E-state index is -1.42. The zero-order valence-corrected chi connectivity index (χ0v) is 12.0. The van der Waals surface area contributed by atoms with Gasteiger partial charge in [0, 0.05) is 30.6 Å². The Hall–Kier alpha value is -0.685. The highest BCUT2D eigenvalue weighted by molar-refractivity contribution is 7.99. The average Bonchev–Trinajstić information content (AvgIpc) is 2.41. The third-order valence-electron chi connectivity index (χ3n) is 3.33. The van der Waals surface area contributed by atoms with Crippen LogP contribution in [0.15, 0.2) is 24.3 Å². The monoisotopic (exact) mass is 281 g/mol. The molecule has 1 unspecified atom stereocenters. The maximum absolute atomic E-state index is 9.00. The lowest BCUT2D eigenvalue weighted by Gasteiger charge is -2.32. The number of thioether (sulfide) groups is 1. The molecule has 0 aromatic heterocycles. The average molecular weight is 281 g/mol. The molecule has 19 heavy (non-hydrogen) atoms. The van der Waals surface area contributed by atoms with Crippen LogP contribution in [0, 0.1) is 0 Å². The molecule has 0 saturated carbocycles. The summed E-state index contributed by atoms with van der Waals surface area (Å²) in [5.74, 6) is 3.17. The Bertz CT molecular complexity index is 388. The standard InChI is InChI=1S/C13H20BNO3S/c1-11-10-19-9-7-15(11)6-8-18-13-4-2-12(3-5-13)14(16)17/h2-5,11,16-17H,6-10H2,1H3. The summed E-state index contributed by atoms with van der Waals surface area (Å²) < 4.78 is 5.68. The first-order valence-electron chi connectivity index (χ1n) is 6.57. The van der Waals surface area contributed by atoms with Crippen molar-refractivity contribution in [1.82, 2.24) is 4.90 Å². The maximum atomic E-state index is 9.00. The summed E-state index contributed by atoms with van der Waals surface area (Å²) in [7, 11) is -1.42. The molecule has 0 amide bonds. The van der Waals surface area contributed by atoms with Crippen molar-refractivity contribution in [1.29, 1.82) is 0 Å². The van der Waals surface area contributed by atoms with Crippen molar-refractivity contribution in [3.05, 3.63) is 24.3 Å². The van der Waals surface area contributed by atoms with Crippen molar-refractivity contribution < 1.29 is 14.8 Å². The maximum Gasteiger partial charge on any atom is 0.488 e. The molecule has 0 aliphatic carbocycles. The number of rotatable bonds is 5. The van der Waals surface area contributed by atoms with E-state index < -0.39 is 7.12 Å². The molecule has 1 aromatic rings. The zero-order chi connectivity index (χ0) is 13.7. The van der Waals surface area contributed by atoms with E-state index in [1.165, 1.54) is 11.5 Å². The molecule has 1 heterocycles. The number of benzene rings is 1. The van der Waals surface area contributed by atoms with Crippen LogP contribution in [0.5, 0.6) is 5.75 Å². The number of hydrogen-bond acceptors (Lipinski definition) is 5. The zero-order valence-electron chi connectivity index (χ0n) is 11.2. The highest BCUT2D eigenvalue weighted by atomic mass is 32.2. The normalized spacial score (nSPS) is 20.3. The first kappa shape index (κ1) is 14.7. The Balaban J connectivity index is 1.75. The molecule has 2 N–H and O–H groups in total. The van der Waals surface area contributed by atoms with Gasteiger partial charge in [0.25, 0.3) is 0 Å². The van der Waals surface area contributed by atoms with Crippen molar-refractivity contribution in [2.45, 2.75) is 13.0 Å². The molecule has 1 atom stereocenters. The van der Waals surface area contributed by atoms with Crippen molar-refractivity contribution in [2.75, 3.05) is 31.2 Å². The smallest absolute Gasteiger partial charge is 0.488 e. The predicted molar refractivity (Wildman–Crippen MR) is 80.1 cm³/mol. The summed E-state index contributed by atoms with van der Waals surface area (Å²) in [6.07, 6.45) is 0. The molecule has 1 saturated heterocycles. The minimum Gasteiger partial charge on any atom is -0.492 e. The van der Waals surface area contributed by atoms with Gasteiger partial charge in [-0.25, -0.2) is 0 Å². The van der Waals surface area contributed by atoms with E-state index in [1.807, 2.05) is 11.8 Å². The first-order chi connectivity index (χ1) is 9.16. The molecule has 1 fully saturated rings. The molecule has 2 rings (SSSR count). The van der Waals surface area contributed by atoms with E-state index in [1.54, 1.807) is 24.3 Å². The van der Waals surface area contributed by atoms with Crippen molar-refractivity contribution in [3.63, 3.8) is 0 Å². The molecule has 0 spiro atoms. The third-order valence-corrected chi connectivity index (χ3v) is 4.52. The van der Waals surface area contributed by atoms with Gasteiger partial charge < -0.3 is 14.8 Å². The van der Waals surface area contributed by atoms with Crippen LogP contribution in [0.3, 0.4) is 0 Å². The van der Waals surface area contributed by atoms with Gasteiger partial charge in [0.05, 0.1) is 0 Å². The van der Waals surface area contributed by atoms with Gasteiger partial charge in [-0.15, -0.1) is 0 Å². The van der Waals surface area contributed by atoms with Crippen molar-refractivity contribution in [2.24, 2.45) is 0 Å². The fraction of sp³-hybridized carbons (Fsp3) is 0.538. The third kappa shape index (κ3) is 4.42. The van der Waals surface area contributed by atoms with Crippen LogP contribution < -0.4 is 10.2 Å². The predicted octanol–water partition coefficient (Wildman–Crippen LogP) is 0.183. The Kier molecular flexibility index (Phi) is 5.57. The van der Waals surface area contributed by atoms with E-state index in [-0.39, 0.29) is 0 Å². The molecule has 0 radical (unpaired) electrons. The SMILES string of the molecule is CC1CSCCN1CCOc1ccc(B(O)O)cc1. The topological polar surface area (TPSA) is 52.9 Å². The Morgan fingerprint density at radius 1 is 1.37 bits per heavy atom. The number of nitrogens with zero attached hydrogens (tertiary/aromatic N) is 1. The van der Waals surface area contributed by atoms with Crippen molar-refractivity contribution >= 4 is 24.3 Å². The van der Waals surface area contributed by atoms with Crippen molar-refractivity contribution in [3.8, 4) is 5.75 Å². The summed E-state index contributed by atoms with van der Waals surface area (Å²) >= 11 is 2.01. The van der Waals surface area contributed by atoms with Gasteiger partial charge in [-0.3, -0.25) is 4.90 Å². The van der Waals surface area contributed by atoms with Crippen LogP contribution in [0.4, 0.5) is 0 Å². The Morgan fingerprint density at radius 2 is 2.11 bits per heavy atom.